The molecule has 1 aromatic heterocycles. The van der Waals surface area contributed by atoms with Crippen LogP contribution in [0.15, 0.2) is 33.7 Å². The maximum atomic E-state index is 12.6. The van der Waals surface area contributed by atoms with Crippen molar-refractivity contribution in [1.29, 1.82) is 0 Å². The summed E-state index contributed by atoms with van der Waals surface area (Å²) in [5.74, 6) is 1.34. The summed E-state index contributed by atoms with van der Waals surface area (Å²) in [4.78, 5) is 16.4. The number of carbonyl (C=O) groups excluding carboxylic acids is 1. The molecule has 1 saturated heterocycles. The normalized spacial score (nSPS) is 22.1. The maximum Gasteiger partial charge on any atom is 0.273 e. The van der Waals surface area contributed by atoms with E-state index in [1.54, 1.807) is 11.8 Å². The van der Waals surface area contributed by atoms with Crippen LogP contribution in [0.5, 0.6) is 0 Å². The van der Waals surface area contributed by atoms with Crippen LogP contribution in [0.25, 0.3) is 11.3 Å². The number of nitrogens with one attached hydrogen (secondary N) is 1. The monoisotopic (exact) mass is 385 g/mol. The number of amides is 1. The SMILES string of the molecule is CC1CCCC(C)N1CCCNC(=O)c1noc2c1CSc1ccccc1-2. The van der Waals surface area contributed by atoms with Crippen LogP contribution in [0.3, 0.4) is 0 Å². The van der Waals surface area contributed by atoms with Crippen molar-refractivity contribution in [3.63, 3.8) is 0 Å². The van der Waals surface area contributed by atoms with Crippen LogP contribution in [-0.2, 0) is 5.75 Å². The van der Waals surface area contributed by atoms with E-state index in [0.717, 1.165) is 35.6 Å². The zero-order chi connectivity index (χ0) is 18.8. The molecule has 0 spiro atoms. The number of likely N-dealkylation sites (tertiary alicyclic amines) is 1. The van der Waals surface area contributed by atoms with Gasteiger partial charge < -0.3 is 9.84 Å². The van der Waals surface area contributed by atoms with Gasteiger partial charge >= 0.3 is 0 Å². The topological polar surface area (TPSA) is 58.4 Å². The molecular formula is C21H27N3O2S. The molecule has 0 radical (unpaired) electrons. The summed E-state index contributed by atoms with van der Waals surface area (Å²) in [6.45, 7) is 6.32. The van der Waals surface area contributed by atoms with E-state index in [9.17, 15) is 4.79 Å². The third-order valence-electron chi connectivity index (χ3n) is 5.76. The number of aromatic nitrogens is 1. The molecule has 1 aromatic carbocycles. The Balaban J connectivity index is 1.34. The fourth-order valence-electron chi connectivity index (χ4n) is 4.23. The second-order valence-corrected chi connectivity index (χ2v) is 8.62. The summed E-state index contributed by atoms with van der Waals surface area (Å²) >= 11 is 1.73. The van der Waals surface area contributed by atoms with Gasteiger partial charge in [-0.05, 0) is 45.2 Å². The number of benzene rings is 1. The van der Waals surface area contributed by atoms with Gasteiger partial charge in [0.05, 0.1) is 0 Å². The lowest BCUT2D eigenvalue weighted by Crippen LogP contribution is -2.44. The Bertz CT molecular complexity index is 810. The molecule has 1 N–H and O–H groups in total. The molecule has 2 aromatic rings. The van der Waals surface area contributed by atoms with Crippen LogP contribution < -0.4 is 5.32 Å². The first-order valence-electron chi connectivity index (χ1n) is 9.90. The van der Waals surface area contributed by atoms with E-state index in [-0.39, 0.29) is 5.91 Å². The number of piperidine rings is 1. The third kappa shape index (κ3) is 3.78. The lowest BCUT2D eigenvalue weighted by molar-refractivity contribution is 0.0918. The molecule has 0 saturated carbocycles. The zero-order valence-electron chi connectivity index (χ0n) is 16.0. The molecule has 2 aliphatic heterocycles. The van der Waals surface area contributed by atoms with E-state index in [2.05, 4.69) is 35.3 Å². The molecule has 5 nitrogen and oxygen atoms in total. The minimum absolute atomic E-state index is 0.125. The van der Waals surface area contributed by atoms with Gasteiger partial charge in [-0.15, -0.1) is 11.8 Å². The van der Waals surface area contributed by atoms with Gasteiger partial charge in [0.15, 0.2) is 11.5 Å². The van der Waals surface area contributed by atoms with Gasteiger partial charge in [0.2, 0.25) is 0 Å². The molecule has 1 fully saturated rings. The molecule has 2 aliphatic rings. The number of hydrogen-bond donors (Lipinski definition) is 1. The van der Waals surface area contributed by atoms with Crippen molar-refractivity contribution in [2.75, 3.05) is 13.1 Å². The average Bonchev–Trinajstić information content (AvgIpc) is 3.11. The number of rotatable bonds is 5. The number of fused-ring (bicyclic) bond motifs is 3. The number of thioether (sulfide) groups is 1. The van der Waals surface area contributed by atoms with Crippen LogP contribution in [0.2, 0.25) is 0 Å². The summed E-state index contributed by atoms with van der Waals surface area (Å²) in [7, 11) is 0. The minimum Gasteiger partial charge on any atom is -0.355 e. The zero-order valence-corrected chi connectivity index (χ0v) is 16.8. The Morgan fingerprint density at radius 3 is 2.89 bits per heavy atom. The lowest BCUT2D eigenvalue weighted by atomic mass is 9.97. The van der Waals surface area contributed by atoms with Crippen molar-refractivity contribution in [3.05, 3.63) is 35.5 Å². The Labute approximate surface area is 164 Å². The van der Waals surface area contributed by atoms with E-state index in [1.165, 1.54) is 24.2 Å². The Kier molecular flexibility index (Phi) is 5.55. The first-order valence-corrected chi connectivity index (χ1v) is 10.9. The molecule has 2 unspecified atom stereocenters. The van der Waals surface area contributed by atoms with E-state index in [4.69, 9.17) is 4.52 Å². The summed E-state index contributed by atoms with van der Waals surface area (Å²) in [5, 5.41) is 7.11. The predicted octanol–water partition coefficient (Wildman–Crippen LogP) is 4.33. The van der Waals surface area contributed by atoms with Crippen LogP contribution in [0.1, 0.15) is 55.6 Å². The van der Waals surface area contributed by atoms with Gasteiger partial charge in [-0.25, -0.2) is 0 Å². The standard InChI is InChI=1S/C21H27N3O2S/c1-14-7-5-8-15(2)24(14)12-6-11-22-21(25)19-17-13-27-18-10-4-3-9-16(18)20(17)26-23-19/h3-4,9-10,14-15H,5-8,11-13H2,1-2H3,(H,22,25). The van der Waals surface area contributed by atoms with Crippen LogP contribution >= 0.6 is 11.8 Å². The molecule has 2 atom stereocenters. The Hall–Kier alpha value is -1.79. The molecule has 0 aliphatic carbocycles. The second-order valence-electron chi connectivity index (χ2n) is 7.60. The van der Waals surface area contributed by atoms with Crippen molar-refractivity contribution in [2.24, 2.45) is 0 Å². The maximum absolute atomic E-state index is 12.6. The van der Waals surface area contributed by atoms with Gasteiger partial charge in [-0.1, -0.05) is 23.7 Å². The van der Waals surface area contributed by atoms with Crippen molar-refractivity contribution in [1.82, 2.24) is 15.4 Å². The molecule has 1 amide bonds. The van der Waals surface area contributed by atoms with Crippen LogP contribution in [0.4, 0.5) is 0 Å². The minimum atomic E-state index is -0.125. The molecule has 144 valence electrons. The average molecular weight is 386 g/mol. The van der Waals surface area contributed by atoms with Gasteiger partial charge in [0.25, 0.3) is 5.91 Å². The van der Waals surface area contributed by atoms with E-state index >= 15 is 0 Å². The Morgan fingerprint density at radius 2 is 2.07 bits per heavy atom. The Morgan fingerprint density at radius 1 is 1.30 bits per heavy atom. The van der Waals surface area contributed by atoms with E-state index in [0.29, 0.717) is 24.3 Å². The first-order chi connectivity index (χ1) is 13.1. The highest BCUT2D eigenvalue weighted by atomic mass is 32.2. The van der Waals surface area contributed by atoms with E-state index in [1.807, 2.05) is 18.2 Å². The summed E-state index contributed by atoms with van der Waals surface area (Å²) < 4.78 is 5.53. The predicted molar refractivity (Wildman–Crippen MR) is 108 cm³/mol. The fraction of sp³-hybridized carbons (Fsp3) is 0.524. The van der Waals surface area contributed by atoms with Crippen molar-refractivity contribution in [2.45, 2.75) is 62.3 Å². The van der Waals surface area contributed by atoms with Crippen LogP contribution in [0, 0.1) is 0 Å². The smallest absolute Gasteiger partial charge is 0.273 e. The molecule has 3 heterocycles. The number of hydrogen-bond acceptors (Lipinski definition) is 5. The van der Waals surface area contributed by atoms with Gasteiger partial charge in [-0.3, -0.25) is 9.69 Å². The highest BCUT2D eigenvalue weighted by molar-refractivity contribution is 7.98. The van der Waals surface area contributed by atoms with Gasteiger partial charge in [0.1, 0.15) is 0 Å². The van der Waals surface area contributed by atoms with Crippen LogP contribution in [-0.4, -0.2) is 41.1 Å². The molecule has 4 rings (SSSR count). The van der Waals surface area contributed by atoms with Gasteiger partial charge in [0, 0.05) is 46.9 Å². The molecule has 6 heteroatoms. The highest BCUT2D eigenvalue weighted by Gasteiger charge is 2.28. The summed E-state index contributed by atoms with van der Waals surface area (Å²) in [6, 6.07) is 9.39. The largest absolute Gasteiger partial charge is 0.355 e. The quantitative estimate of drug-likeness (QED) is 0.777. The van der Waals surface area contributed by atoms with Crippen molar-refractivity contribution >= 4 is 17.7 Å². The molecule has 27 heavy (non-hydrogen) atoms. The lowest BCUT2D eigenvalue weighted by Gasteiger charge is -2.39. The number of nitrogens with zero attached hydrogens (tertiary/aromatic N) is 2. The van der Waals surface area contributed by atoms with Crippen molar-refractivity contribution in [3.8, 4) is 11.3 Å². The number of carbonyl (C=O) groups is 1. The first kappa shape index (κ1) is 18.6. The molecular weight excluding hydrogens is 358 g/mol. The fourth-order valence-corrected chi connectivity index (χ4v) is 5.28. The summed E-state index contributed by atoms with van der Waals surface area (Å²) in [6.07, 6.45) is 4.84. The summed E-state index contributed by atoms with van der Waals surface area (Å²) in [5.41, 5.74) is 2.38. The van der Waals surface area contributed by atoms with Gasteiger partial charge in [-0.2, -0.15) is 0 Å². The third-order valence-corrected chi connectivity index (χ3v) is 6.86. The highest BCUT2D eigenvalue weighted by Crippen LogP contribution is 2.42. The molecule has 0 bridgehead atoms. The second kappa shape index (κ2) is 8.07. The van der Waals surface area contributed by atoms with E-state index < -0.39 is 0 Å². The van der Waals surface area contributed by atoms with Crippen molar-refractivity contribution < 1.29 is 9.32 Å².